The first-order valence-corrected chi connectivity index (χ1v) is 7.12. The summed E-state index contributed by atoms with van der Waals surface area (Å²) in [7, 11) is 0. The lowest BCUT2D eigenvalue weighted by Gasteiger charge is -2.07. The van der Waals surface area contributed by atoms with Crippen LogP contribution in [0.15, 0.2) is 51.4 Å². The molecule has 0 fully saturated rings. The average molecular weight is 387 g/mol. The number of benzene rings is 2. The van der Waals surface area contributed by atoms with Crippen molar-refractivity contribution in [1.29, 1.82) is 0 Å². The number of rotatable bonds is 3. The summed E-state index contributed by atoms with van der Waals surface area (Å²) in [4.78, 5) is 11.8. The molecule has 1 N–H and O–H groups in total. The lowest BCUT2D eigenvalue weighted by Crippen LogP contribution is -2.15. The fourth-order valence-electron chi connectivity index (χ4n) is 1.62. The third-order valence-electron chi connectivity index (χ3n) is 2.46. The van der Waals surface area contributed by atoms with Gasteiger partial charge < -0.3 is 5.32 Å². The van der Waals surface area contributed by atoms with Crippen LogP contribution in [0, 0.1) is 5.82 Å². The van der Waals surface area contributed by atoms with Gasteiger partial charge in [0.15, 0.2) is 0 Å². The van der Waals surface area contributed by atoms with Crippen molar-refractivity contribution in [3.05, 3.63) is 62.8 Å². The van der Waals surface area contributed by atoms with Gasteiger partial charge in [0.25, 0.3) is 0 Å². The van der Waals surface area contributed by atoms with Crippen molar-refractivity contribution in [3.63, 3.8) is 0 Å². The van der Waals surface area contributed by atoms with Crippen molar-refractivity contribution < 1.29 is 9.18 Å². The molecule has 0 atom stereocenters. The zero-order chi connectivity index (χ0) is 13.8. The van der Waals surface area contributed by atoms with Gasteiger partial charge >= 0.3 is 0 Å². The molecule has 1 amide bonds. The highest BCUT2D eigenvalue weighted by Crippen LogP contribution is 2.19. The van der Waals surface area contributed by atoms with Crippen molar-refractivity contribution in [2.24, 2.45) is 0 Å². The summed E-state index contributed by atoms with van der Waals surface area (Å²) in [5.74, 6) is -0.712. The van der Waals surface area contributed by atoms with Gasteiger partial charge in [-0.1, -0.05) is 44.0 Å². The fraction of sp³-hybridized carbons (Fsp3) is 0.0714. The molecule has 0 aromatic heterocycles. The number of hydrogen-bond acceptors (Lipinski definition) is 1. The Bertz CT molecular complexity index is 616. The number of hydrogen-bond donors (Lipinski definition) is 1. The van der Waals surface area contributed by atoms with Crippen LogP contribution in [0.2, 0.25) is 0 Å². The maximum absolute atomic E-state index is 13.6. The Morgan fingerprint density at radius 2 is 1.84 bits per heavy atom. The first-order chi connectivity index (χ1) is 9.04. The van der Waals surface area contributed by atoms with Crippen molar-refractivity contribution in [3.8, 4) is 0 Å². The van der Waals surface area contributed by atoms with E-state index in [2.05, 4.69) is 37.2 Å². The Morgan fingerprint density at radius 3 is 2.53 bits per heavy atom. The van der Waals surface area contributed by atoms with Gasteiger partial charge in [0.2, 0.25) is 5.91 Å². The molecule has 0 saturated carbocycles. The summed E-state index contributed by atoms with van der Waals surface area (Å²) in [5, 5.41) is 2.56. The second-order valence-corrected chi connectivity index (χ2v) is 5.81. The first kappa shape index (κ1) is 14.2. The van der Waals surface area contributed by atoms with Crippen LogP contribution >= 0.6 is 31.9 Å². The smallest absolute Gasteiger partial charge is 0.228 e. The van der Waals surface area contributed by atoms with E-state index in [4.69, 9.17) is 0 Å². The summed E-state index contributed by atoms with van der Waals surface area (Å²) < 4.78 is 15.1. The van der Waals surface area contributed by atoms with Crippen LogP contribution in [-0.2, 0) is 11.2 Å². The molecule has 2 aromatic carbocycles. The molecule has 0 aliphatic rings. The second-order valence-electron chi connectivity index (χ2n) is 3.98. The minimum absolute atomic E-state index is 0.184. The molecule has 98 valence electrons. The number of carbonyl (C=O) groups excluding carboxylic acids is 1. The van der Waals surface area contributed by atoms with Crippen LogP contribution in [0.3, 0.4) is 0 Å². The molecule has 19 heavy (non-hydrogen) atoms. The first-order valence-electron chi connectivity index (χ1n) is 5.54. The predicted octanol–water partition coefficient (Wildman–Crippen LogP) is 4.53. The fourth-order valence-corrected chi connectivity index (χ4v) is 2.40. The molecule has 0 bridgehead atoms. The Labute approximate surface area is 127 Å². The topological polar surface area (TPSA) is 29.1 Å². The highest BCUT2D eigenvalue weighted by Gasteiger charge is 2.08. The van der Waals surface area contributed by atoms with E-state index in [1.165, 1.54) is 12.1 Å². The van der Waals surface area contributed by atoms with Gasteiger partial charge in [-0.15, -0.1) is 0 Å². The maximum atomic E-state index is 13.6. The number of carbonyl (C=O) groups is 1. The average Bonchev–Trinajstić information content (AvgIpc) is 2.33. The van der Waals surface area contributed by atoms with Gasteiger partial charge in [-0.25, -0.2) is 4.39 Å². The molecule has 5 heteroatoms. The molecule has 0 radical (unpaired) electrons. The van der Waals surface area contributed by atoms with E-state index >= 15 is 0 Å². The minimum Gasteiger partial charge on any atom is -0.323 e. The van der Waals surface area contributed by atoms with Crippen molar-refractivity contribution >= 4 is 43.5 Å². The van der Waals surface area contributed by atoms with Gasteiger partial charge in [0.1, 0.15) is 5.82 Å². The Balaban J connectivity index is 2.05. The zero-order valence-electron chi connectivity index (χ0n) is 9.79. The largest absolute Gasteiger partial charge is 0.323 e. The molecular formula is C14H10Br2FNO. The summed E-state index contributed by atoms with van der Waals surface area (Å²) in [6.45, 7) is 0. The second kappa shape index (κ2) is 6.30. The van der Waals surface area contributed by atoms with Gasteiger partial charge in [-0.3, -0.25) is 4.79 Å². The molecule has 2 rings (SSSR count). The van der Waals surface area contributed by atoms with Crippen LogP contribution < -0.4 is 5.32 Å². The predicted molar refractivity (Wildman–Crippen MR) is 80.6 cm³/mol. The maximum Gasteiger partial charge on any atom is 0.228 e. The lowest BCUT2D eigenvalue weighted by atomic mass is 10.1. The number of halogens is 3. The Morgan fingerprint density at radius 1 is 1.11 bits per heavy atom. The normalized spacial score (nSPS) is 10.3. The summed E-state index contributed by atoms with van der Waals surface area (Å²) in [6.07, 6.45) is 0.203. The van der Waals surface area contributed by atoms with E-state index < -0.39 is 5.82 Å². The highest BCUT2D eigenvalue weighted by molar-refractivity contribution is 9.10. The quantitative estimate of drug-likeness (QED) is 0.824. The molecule has 2 aromatic rings. The highest BCUT2D eigenvalue weighted by atomic mass is 79.9. The molecule has 0 unspecified atom stereocenters. The van der Waals surface area contributed by atoms with Crippen LogP contribution in [0.1, 0.15) is 5.56 Å². The minimum atomic E-state index is -0.461. The Kier molecular flexibility index (Phi) is 4.71. The van der Waals surface area contributed by atoms with Crippen LogP contribution in [0.25, 0.3) is 0 Å². The van der Waals surface area contributed by atoms with Gasteiger partial charge in [0, 0.05) is 8.95 Å². The van der Waals surface area contributed by atoms with Crippen molar-refractivity contribution in [1.82, 2.24) is 0 Å². The van der Waals surface area contributed by atoms with E-state index in [-0.39, 0.29) is 18.0 Å². The summed E-state index contributed by atoms with van der Waals surface area (Å²) in [6, 6.07) is 12.0. The number of nitrogens with one attached hydrogen (secondary N) is 1. The molecule has 0 aliphatic carbocycles. The van der Waals surface area contributed by atoms with Crippen molar-refractivity contribution in [2.75, 3.05) is 5.32 Å². The van der Waals surface area contributed by atoms with E-state index in [9.17, 15) is 9.18 Å². The van der Waals surface area contributed by atoms with Gasteiger partial charge in [0.05, 0.1) is 12.1 Å². The lowest BCUT2D eigenvalue weighted by molar-refractivity contribution is -0.115. The van der Waals surface area contributed by atoms with Crippen molar-refractivity contribution in [2.45, 2.75) is 6.42 Å². The molecule has 0 saturated heterocycles. The standard InChI is InChI=1S/C14H10Br2FNO/c15-10-3-1-2-9(6-10)7-14(19)18-13-5-4-11(16)8-12(13)17/h1-6,8H,7H2,(H,18,19). The molecular weight excluding hydrogens is 377 g/mol. The van der Waals surface area contributed by atoms with E-state index in [1.807, 2.05) is 24.3 Å². The van der Waals surface area contributed by atoms with Crippen LogP contribution in [0.5, 0.6) is 0 Å². The number of amides is 1. The SMILES string of the molecule is O=C(Cc1cccc(Br)c1)Nc1ccc(Br)cc1F. The van der Waals surface area contributed by atoms with Crippen LogP contribution in [0.4, 0.5) is 10.1 Å². The third-order valence-corrected chi connectivity index (χ3v) is 3.45. The van der Waals surface area contributed by atoms with E-state index in [0.29, 0.717) is 4.47 Å². The summed E-state index contributed by atoms with van der Waals surface area (Å²) >= 11 is 6.51. The van der Waals surface area contributed by atoms with E-state index in [1.54, 1.807) is 6.07 Å². The zero-order valence-corrected chi connectivity index (χ0v) is 13.0. The summed E-state index contributed by atoms with van der Waals surface area (Å²) in [5.41, 5.74) is 1.05. The monoisotopic (exact) mass is 385 g/mol. The molecule has 0 aliphatic heterocycles. The van der Waals surface area contributed by atoms with Gasteiger partial charge in [-0.05, 0) is 35.9 Å². The number of anilines is 1. The molecule has 0 spiro atoms. The van der Waals surface area contributed by atoms with Crippen LogP contribution in [-0.4, -0.2) is 5.91 Å². The third kappa shape index (κ3) is 4.14. The Hall–Kier alpha value is -1.20. The van der Waals surface area contributed by atoms with E-state index in [0.717, 1.165) is 10.0 Å². The molecule has 0 heterocycles. The molecule has 2 nitrogen and oxygen atoms in total. The van der Waals surface area contributed by atoms with Gasteiger partial charge in [-0.2, -0.15) is 0 Å².